The van der Waals surface area contributed by atoms with Crippen molar-refractivity contribution in [2.45, 2.75) is 31.5 Å². The first-order valence-corrected chi connectivity index (χ1v) is 12.5. The third kappa shape index (κ3) is 5.47. The van der Waals surface area contributed by atoms with Crippen molar-refractivity contribution in [2.75, 3.05) is 37.4 Å². The van der Waals surface area contributed by atoms with Gasteiger partial charge in [-0.1, -0.05) is 23.8 Å². The number of carbonyl (C=O) groups is 1. The van der Waals surface area contributed by atoms with Gasteiger partial charge in [-0.3, -0.25) is 9.69 Å². The highest BCUT2D eigenvalue weighted by Crippen LogP contribution is 2.45. The van der Waals surface area contributed by atoms with Gasteiger partial charge in [0.05, 0.1) is 31.5 Å². The van der Waals surface area contributed by atoms with Crippen LogP contribution in [0.3, 0.4) is 0 Å². The molecular formula is C25H28ClF3N6O2. The number of ether oxygens (including phenoxy) is 1. The van der Waals surface area contributed by atoms with Crippen molar-refractivity contribution in [3.8, 4) is 5.75 Å². The second-order valence-electron chi connectivity index (χ2n) is 9.77. The standard InChI is InChI=1S/C25H28ClF3N6O2/c1-37-19-10-14-5-7-35(12-25(27,28)29)6-4-13(14)9-18(19)32-24-31-11-17(26)23(34-24)33-21-16-3-2-15(8-16)20(21)22(30)36/h2-3,9-11,15-16,20-21H,4-8,12H2,1H3,(H2,30,36)(H2,31,32,33,34). The molecule has 198 valence electrons. The number of fused-ring (bicyclic) bond motifs is 3. The number of alkyl halides is 3. The molecular weight excluding hydrogens is 509 g/mol. The van der Waals surface area contributed by atoms with Crippen LogP contribution >= 0.6 is 11.6 Å². The first kappa shape index (κ1) is 25.6. The predicted octanol–water partition coefficient (Wildman–Crippen LogP) is 3.93. The summed E-state index contributed by atoms with van der Waals surface area (Å²) in [4.78, 5) is 22.3. The number of nitrogens with zero attached hydrogens (tertiary/aromatic N) is 3. The van der Waals surface area contributed by atoms with Gasteiger partial charge in [0, 0.05) is 19.1 Å². The Morgan fingerprint density at radius 3 is 2.59 bits per heavy atom. The lowest BCUT2D eigenvalue weighted by atomic mass is 9.88. The second kappa shape index (κ2) is 10.0. The van der Waals surface area contributed by atoms with Crippen molar-refractivity contribution in [1.82, 2.24) is 14.9 Å². The van der Waals surface area contributed by atoms with Gasteiger partial charge < -0.3 is 21.1 Å². The lowest BCUT2D eigenvalue weighted by Gasteiger charge is -2.27. The molecule has 1 fully saturated rings. The quantitative estimate of drug-likeness (QED) is 0.460. The van der Waals surface area contributed by atoms with Crippen molar-refractivity contribution < 1.29 is 22.7 Å². The van der Waals surface area contributed by atoms with Gasteiger partial charge in [0.1, 0.15) is 10.8 Å². The monoisotopic (exact) mass is 536 g/mol. The van der Waals surface area contributed by atoms with Crippen LogP contribution in [-0.4, -0.2) is 59.7 Å². The minimum Gasteiger partial charge on any atom is -0.495 e. The normalized spacial score (nSPS) is 25.0. The SMILES string of the molecule is COc1cc2c(cc1Nc1ncc(Cl)c(NC3C4C=CC(C4)C3C(N)=O)n1)CCN(CC(F)(F)F)CC2. The molecule has 3 aliphatic rings. The molecule has 1 saturated carbocycles. The number of hydrogen-bond acceptors (Lipinski definition) is 7. The van der Waals surface area contributed by atoms with E-state index in [-0.39, 0.29) is 35.7 Å². The van der Waals surface area contributed by atoms with Crippen molar-refractivity contribution in [3.63, 3.8) is 0 Å². The van der Waals surface area contributed by atoms with E-state index in [0.29, 0.717) is 48.2 Å². The molecule has 4 unspecified atom stereocenters. The minimum absolute atomic E-state index is 0.106. The van der Waals surface area contributed by atoms with E-state index in [2.05, 4.69) is 26.7 Å². The van der Waals surface area contributed by atoms with Gasteiger partial charge in [0.2, 0.25) is 11.9 Å². The van der Waals surface area contributed by atoms with E-state index >= 15 is 0 Å². The highest BCUT2D eigenvalue weighted by atomic mass is 35.5. The number of amides is 1. The first-order chi connectivity index (χ1) is 17.6. The van der Waals surface area contributed by atoms with Crippen LogP contribution < -0.4 is 21.1 Å². The number of anilines is 3. The van der Waals surface area contributed by atoms with E-state index in [1.165, 1.54) is 18.2 Å². The third-order valence-electron chi connectivity index (χ3n) is 7.40. The zero-order valence-electron chi connectivity index (χ0n) is 20.2. The van der Waals surface area contributed by atoms with E-state index in [1.54, 1.807) is 0 Å². The molecule has 0 radical (unpaired) electrons. The fraction of sp³-hybridized carbons (Fsp3) is 0.480. The predicted molar refractivity (Wildman–Crippen MR) is 134 cm³/mol. The number of aromatic nitrogens is 2. The molecule has 8 nitrogen and oxygen atoms in total. The summed E-state index contributed by atoms with van der Waals surface area (Å²) in [5.41, 5.74) is 8.16. The molecule has 0 saturated heterocycles. The van der Waals surface area contributed by atoms with Gasteiger partial charge in [-0.25, -0.2) is 4.98 Å². The Morgan fingerprint density at radius 1 is 1.22 bits per heavy atom. The molecule has 1 aliphatic heterocycles. The summed E-state index contributed by atoms with van der Waals surface area (Å²) >= 11 is 6.38. The minimum atomic E-state index is -4.23. The van der Waals surface area contributed by atoms with Crippen LogP contribution in [0.2, 0.25) is 5.02 Å². The molecule has 4 atom stereocenters. The highest BCUT2D eigenvalue weighted by Gasteiger charge is 2.47. The molecule has 12 heteroatoms. The number of rotatable bonds is 7. The Kier molecular flexibility index (Phi) is 6.93. The zero-order valence-corrected chi connectivity index (χ0v) is 20.9. The average Bonchev–Trinajstić information content (AvgIpc) is 3.39. The molecule has 2 heterocycles. The largest absolute Gasteiger partial charge is 0.495 e. The second-order valence-corrected chi connectivity index (χ2v) is 10.2. The van der Waals surface area contributed by atoms with Gasteiger partial charge >= 0.3 is 6.18 Å². The van der Waals surface area contributed by atoms with Crippen LogP contribution in [0.5, 0.6) is 5.75 Å². The van der Waals surface area contributed by atoms with E-state index in [4.69, 9.17) is 22.1 Å². The van der Waals surface area contributed by atoms with E-state index in [0.717, 1.165) is 17.5 Å². The topological polar surface area (TPSA) is 105 Å². The van der Waals surface area contributed by atoms with E-state index in [9.17, 15) is 18.0 Å². The summed E-state index contributed by atoms with van der Waals surface area (Å²) in [6.45, 7) is -0.294. The zero-order chi connectivity index (χ0) is 26.3. The van der Waals surface area contributed by atoms with Gasteiger partial charge in [-0.15, -0.1) is 0 Å². The number of nitrogens with one attached hydrogen (secondary N) is 2. The van der Waals surface area contributed by atoms with Crippen LogP contribution in [0.4, 0.5) is 30.6 Å². The van der Waals surface area contributed by atoms with Crippen LogP contribution in [0.1, 0.15) is 17.5 Å². The van der Waals surface area contributed by atoms with Crippen molar-refractivity contribution in [3.05, 3.63) is 46.6 Å². The van der Waals surface area contributed by atoms with Crippen molar-refractivity contribution in [1.29, 1.82) is 0 Å². The molecule has 0 spiro atoms. The number of hydrogen-bond donors (Lipinski definition) is 3. The van der Waals surface area contributed by atoms with E-state index < -0.39 is 12.7 Å². The molecule has 1 aromatic heterocycles. The summed E-state index contributed by atoms with van der Waals surface area (Å²) in [7, 11) is 1.53. The fourth-order valence-electron chi connectivity index (χ4n) is 5.69. The van der Waals surface area contributed by atoms with Crippen LogP contribution in [-0.2, 0) is 17.6 Å². The number of halogens is 4. The van der Waals surface area contributed by atoms with Gasteiger partial charge in [-0.05, 0) is 54.4 Å². The molecule has 5 rings (SSSR count). The number of nitrogens with two attached hydrogens (primary N) is 1. The molecule has 2 aliphatic carbocycles. The number of benzene rings is 1. The Balaban J connectivity index is 1.35. The summed E-state index contributed by atoms with van der Waals surface area (Å²) in [5.74, 6) is 0.726. The maximum absolute atomic E-state index is 12.9. The number of methoxy groups -OCH3 is 1. The van der Waals surface area contributed by atoms with Crippen LogP contribution in [0.15, 0.2) is 30.5 Å². The molecule has 2 aromatic rings. The lowest BCUT2D eigenvalue weighted by Crippen LogP contribution is -2.41. The Hall–Kier alpha value is -3.05. The molecule has 4 N–H and O–H groups in total. The summed E-state index contributed by atoms with van der Waals surface area (Å²) in [6.07, 6.45) is 3.19. The van der Waals surface area contributed by atoms with Gasteiger partial charge in [0.25, 0.3) is 0 Å². The molecule has 2 bridgehead atoms. The van der Waals surface area contributed by atoms with Crippen molar-refractivity contribution in [2.24, 2.45) is 23.5 Å². The van der Waals surface area contributed by atoms with E-state index in [1.807, 2.05) is 18.2 Å². The maximum atomic E-state index is 12.9. The molecule has 1 amide bonds. The summed E-state index contributed by atoms with van der Waals surface area (Å²) in [5, 5.41) is 6.77. The summed E-state index contributed by atoms with van der Waals surface area (Å²) < 4.78 is 44.2. The summed E-state index contributed by atoms with van der Waals surface area (Å²) in [6, 6.07) is 3.51. The van der Waals surface area contributed by atoms with Gasteiger partial charge in [0.15, 0.2) is 5.82 Å². The Bertz CT molecular complexity index is 1220. The number of allylic oxidation sites excluding steroid dienone is 1. The van der Waals surface area contributed by atoms with Crippen LogP contribution in [0.25, 0.3) is 0 Å². The van der Waals surface area contributed by atoms with Crippen LogP contribution in [0, 0.1) is 17.8 Å². The molecule has 37 heavy (non-hydrogen) atoms. The van der Waals surface area contributed by atoms with Gasteiger partial charge in [-0.2, -0.15) is 18.2 Å². The lowest BCUT2D eigenvalue weighted by molar-refractivity contribution is -0.145. The fourth-order valence-corrected chi connectivity index (χ4v) is 5.84. The maximum Gasteiger partial charge on any atom is 0.401 e. The average molecular weight is 537 g/mol. The Morgan fingerprint density at radius 2 is 1.92 bits per heavy atom. The number of carbonyl (C=O) groups excluding carboxylic acids is 1. The van der Waals surface area contributed by atoms with Crippen molar-refractivity contribution >= 4 is 35.0 Å². The highest BCUT2D eigenvalue weighted by molar-refractivity contribution is 6.32. The molecule has 1 aromatic carbocycles. The smallest absolute Gasteiger partial charge is 0.401 e. The number of primary amides is 1. The Labute approximate surface area is 217 Å². The third-order valence-corrected chi connectivity index (χ3v) is 7.68. The first-order valence-electron chi connectivity index (χ1n) is 12.1.